The molecule has 0 saturated carbocycles. The van der Waals surface area contributed by atoms with E-state index in [4.69, 9.17) is 11.6 Å². The van der Waals surface area contributed by atoms with E-state index >= 15 is 0 Å². The average molecular weight is 378 g/mol. The second-order valence-corrected chi connectivity index (χ2v) is 7.34. The molecule has 0 aliphatic carbocycles. The third-order valence-corrected chi connectivity index (χ3v) is 4.96. The standard InChI is InChI=1S/C16H20ClN7S/c1-10(2)15-23-22-14(25-15)7-20-16(18-3)19-6-12-9-24-8-11(17)4-5-13(24)21-12/h4-5,8-10H,6-7H2,1-3H3,(H2,18,19,20). The molecule has 0 bridgehead atoms. The number of aliphatic imine (C=N–C) groups is 1. The van der Waals surface area contributed by atoms with Gasteiger partial charge in [-0.1, -0.05) is 36.8 Å². The normalized spacial score (nSPS) is 12.1. The van der Waals surface area contributed by atoms with Gasteiger partial charge in [-0.3, -0.25) is 4.99 Å². The summed E-state index contributed by atoms with van der Waals surface area (Å²) in [6.07, 6.45) is 3.78. The highest BCUT2D eigenvalue weighted by Gasteiger charge is 2.08. The summed E-state index contributed by atoms with van der Waals surface area (Å²) in [4.78, 5) is 8.76. The van der Waals surface area contributed by atoms with E-state index in [1.54, 1.807) is 18.4 Å². The molecule has 0 aliphatic rings. The molecule has 0 aromatic carbocycles. The number of guanidine groups is 1. The van der Waals surface area contributed by atoms with Crippen LogP contribution in [0.5, 0.6) is 0 Å². The van der Waals surface area contributed by atoms with Crippen molar-refractivity contribution in [3.8, 4) is 0 Å². The fraction of sp³-hybridized carbons (Fsp3) is 0.375. The topological polar surface area (TPSA) is 79.5 Å². The molecule has 2 N–H and O–H groups in total. The predicted molar refractivity (Wildman–Crippen MR) is 101 cm³/mol. The van der Waals surface area contributed by atoms with Crippen LogP contribution in [-0.4, -0.2) is 32.6 Å². The minimum atomic E-state index is 0.396. The van der Waals surface area contributed by atoms with E-state index in [2.05, 4.69) is 44.7 Å². The van der Waals surface area contributed by atoms with Gasteiger partial charge in [-0.25, -0.2) is 4.98 Å². The Morgan fingerprint density at radius 2 is 2.04 bits per heavy atom. The molecule has 0 radical (unpaired) electrons. The lowest BCUT2D eigenvalue weighted by Crippen LogP contribution is -2.36. The highest BCUT2D eigenvalue weighted by Crippen LogP contribution is 2.18. The number of hydrogen-bond acceptors (Lipinski definition) is 5. The van der Waals surface area contributed by atoms with Crippen molar-refractivity contribution < 1.29 is 0 Å². The van der Waals surface area contributed by atoms with Crippen molar-refractivity contribution in [2.75, 3.05) is 7.05 Å². The summed E-state index contributed by atoms with van der Waals surface area (Å²) in [7, 11) is 1.73. The predicted octanol–water partition coefficient (Wildman–Crippen LogP) is 2.83. The molecule has 0 amide bonds. The molecule has 0 unspecified atom stereocenters. The number of rotatable bonds is 5. The summed E-state index contributed by atoms with van der Waals surface area (Å²) < 4.78 is 1.91. The maximum absolute atomic E-state index is 6.00. The number of hydrogen-bond donors (Lipinski definition) is 2. The largest absolute Gasteiger partial charge is 0.351 e. The van der Waals surface area contributed by atoms with Crippen molar-refractivity contribution in [2.24, 2.45) is 4.99 Å². The SMILES string of the molecule is CN=C(NCc1cn2cc(Cl)ccc2n1)NCc1nnc(C(C)C)s1. The Hall–Kier alpha value is -2.19. The van der Waals surface area contributed by atoms with E-state index in [-0.39, 0.29) is 0 Å². The van der Waals surface area contributed by atoms with Gasteiger partial charge in [0.2, 0.25) is 0 Å². The third-order valence-electron chi connectivity index (χ3n) is 3.51. The van der Waals surface area contributed by atoms with Crippen molar-refractivity contribution in [3.05, 3.63) is 45.3 Å². The fourth-order valence-corrected chi connectivity index (χ4v) is 3.18. The first-order chi connectivity index (χ1) is 12.0. The first-order valence-corrected chi connectivity index (χ1v) is 9.14. The van der Waals surface area contributed by atoms with Gasteiger partial charge in [-0.15, -0.1) is 10.2 Å². The number of nitrogens with one attached hydrogen (secondary N) is 2. The lowest BCUT2D eigenvalue weighted by Gasteiger charge is -2.09. The molecular formula is C16H20ClN7S. The van der Waals surface area contributed by atoms with Crippen molar-refractivity contribution in [3.63, 3.8) is 0 Å². The van der Waals surface area contributed by atoms with Crippen LogP contribution in [0.3, 0.4) is 0 Å². The molecular weight excluding hydrogens is 358 g/mol. The molecule has 0 fully saturated rings. The van der Waals surface area contributed by atoms with Gasteiger partial charge in [0.1, 0.15) is 15.7 Å². The molecule has 3 rings (SSSR count). The van der Waals surface area contributed by atoms with Crippen LogP contribution < -0.4 is 10.6 Å². The van der Waals surface area contributed by atoms with E-state index < -0.39 is 0 Å². The van der Waals surface area contributed by atoms with Crippen LogP contribution in [0, 0.1) is 0 Å². The number of fused-ring (bicyclic) bond motifs is 1. The first-order valence-electron chi connectivity index (χ1n) is 7.95. The number of pyridine rings is 1. The van der Waals surface area contributed by atoms with Gasteiger partial charge in [-0.2, -0.15) is 0 Å². The van der Waals surface area contributed by atoms with Crippen LogP contribution in [0.1, 0.15) is 35.5 Å². The fourth-order valence-electron chi connectivity index (χ4n) is 2.23. The van der Waals surface area contributed by atoms with Gasteiger partial charge in [0.15, 0.2) is 5.96 Å². The first kappa shape index (κ1) is 17.6. The Labute approximate surface area is 155 Å². The number of imidazole rings is 1. The van der Waals surface area contributed by atoms with Crippen LogP contribution in [0.15, 0.2) is 29.5 Å². The summed E-state index contributed by atoms with van der Waals surface area (Å²) >= 11 is 7.61. The second-order valence-electron chi connectivity index (χ2n) is 5.81. The maximum atomic E-state index is 6.00. The molecule has 3 heterocycles. The Morgan fingerprint density at radius 1 is 1.24 bits per heavy atom. The molecule has 0 atom stereocenters. The van der Waals surface area contributed by atoms with Gasteiger partial charge in [0.25, 0.3) is 0 Å². The summed E-state index contributed by atoms with van der Waals surface area (Å²) in [5.41, 5.74) is 1.77. The molecule has 25 heavy (non-hydrogen) atoms. The summed E-state index contributed by atoms with van der Waals surface area (Å²) in [6, 6.07) is 3.72. The molecule has 0 spiro atoms. The van der Waals surface area contributed by atoms with Crippen molar-refractivity contribution >= 4 is 34.5 Å². The summed E-state index contributed by atoms with van der Waals surface area (Å²) in [6.45, 7) is 5.37. The quantitative estimate of drug-likeness (QED) is 0.528. The van der Waals surface area contributed by atoms with E-state index in [9.17, 15) is 0 Å². The number of aromatic nitrogens is 4. The van der Waals surface area contributed by atoms with Crippen molar-refractivity contribution in [1.82, 2.24) is 30.2 Å². The van der Waals surface area contributed by atoms with Gasteiger partial charge < -0.3 is 15.0 Å². The molecule has 3 aromatic rings. The molecule has 0 saturated heterocycles. The molecule has 132 valence electrons. The van der Waals surface area contributed by atoms with Crippen LogP contribution in [0.25, 0.3) is 5.65 Å². The van der Waals surface area contributed by atoms with Gasteiger partial charge in [-0.05, 0) is 12.1 Å². The number of nitrogens with zero attached hydrogens (tertiary/aromatic N) is 5. The second kappa shape index (κ2) is 7.79. The van der Waals surface area contributed by atoms with Gasteiger partial charge in [0.05, 0.1) is 23.8 Å². The zero-order valence-corrected chi connectivity index (χ0v) is 15.9. The maximum Gasteiger partial charge on any atom is 0.191 e. The van der Waals surface area contributed by atoms with Crippen LogP contribution in [0.4, 0.5) is 0 Å². The number of halogens is 1. The van der Waals surface area contributed by atoms with E-state index in [0.29, 0.717) is 30.0 Å². The summed E-state index contributed by atoms with van der Waals surface area (Å²) in [5.74, 6) is 1.09. The van der Waals surface area contributed by atoms with Gasteiger partial charge in [0, 0.05) is 25.4 Å². The Kier molecular flexibility index (Phi) is 5.50. The lowest BCUT2D eigenvalue weighted by molar-refractivity contribution is 0.778. The molecule has 7 nitrogen and oxygen atoms in total. The highest BCUT2D eigenvalue weighted by molar-refractivity contribution is 7.11. The van der Waals surface area contributed by atoms with Crippen LogP contribution >= 0.6 is 22.9 Å². The zero-order chi connectivity index (χ0) is 17.8. The Morgan fingerprint density at radius 3 is 2.76 bits per heavy atom. The summed E-state index contributed by atoms with van der Waals surface area (Å²) in [5, 5.41) is 17.5. The molecule has 0 aliphatic heterocycles. The smallest absolute Gasteiger partial charge is 0.191 e. The Bertz CT molecular complexity index is 884. The zero-order valence-electron chi connectivity index (χ0n) is 14.3. The molecule has 9 heteroatoms. The monoisotopic (exact) mass is 377 g/mol. The minimum Gasteiger partial charge on any atom is -0.351 e. The minimum absolute atomic E-state index is 0.396. The van der Waals surface area contributed by atoms with Crippen LogP contribution in [-0.2, 0) is 13.1 Å². The van der Waals surface area contributed by atoms with E-state index in [1.807, 2.05) is 28.9 Å². The van der Waals surface area contributed by atoms with Crippen molar-refractivity contribution in [1.29, 1.82) is 0 Å². The highest BCUT2D eigenvalue weighted by atomic mass is 35.5. The van der Waals surface area contributed by atoms with E-state index in [1.165, 1.54) is 0 Å². The van der Waals surface area contributed by atoms with Gasteiger partial charge >= 0.3 is 0 Å². The average Bonchev–Trinajstić information content (AvgIpc) is 3.21. The van der Waals surface area contributed by atoms with E-state index in [0.717, 1.165) is 21.4 Å². The van der Waals surface area contributed by atoms with Crippen molar-refractivity contribution in [2.45, 2.75) is 32.9 Å². The lowest BCUT2D eigenvalue weighted by atomic mass is 10.2. The molecule has 3 aromatic heterocycles. The Balaban J connectivity index is 1.56. The third kappa shape index (κ3) is 4.46. The van der Waals surface area contributed by atoms with Crippen LogP contribution in [0.2, 0.25) is 5.02 Å².